The van der Waals surface area contributed by atoms with E-state index >= 15 is 0 Å². The molecular weight excluding hydrogens is 412 g/mol. The molecule has 1 aliphatic heterocycles. The van der Waals surface area contributed by atoms with Crippen molar-refractivity contribution in [2.75, 3.05) is 6.54 Å². The third kappa shape index (κ3) is 4.05. The Hall–Kier alpha value is -3.57. The monoisotopic (exact) mass is 430 g/mol. The van der Waals surface area contributed by atoms with Gasteiger partial charge in [0, 0.05) is 28.3 Å². The second-order valence-corrected chi connectivity index (χ2v) is 7.80. The van der Waals surface area contributed by atoms with Gasteiger partial charge in [-0.05, 0) is 61.0 Å². The van der Waals surface area contributed by atoms with E-state index in [4.69, 9.17) is 20.9 Å². The van der Waals surface area contributed by atoms with Crippen LogP contribution in [-0.2, 0) is 13.0 Å². The first-order chi connectivity index (χ1) is 15.2. The van der Waals surface area contributed by atoms with Gasteiger partial charge in [0.05, 0.1) is 6.54 Å². The Morgan fingerprint density at radius 1 is 0.968 bits per heavy atom. The van der Waals surface area contributed by atoms with Crippen LogP contribution < -0.4 is 4.74 Å². The molecule has 31 heavy (non-hydrogen) atoms. The van der Waals surface area contributed by atoms with E-state index in [1.165, 1.54) is 0 Å². The second-order valence-electron chi connectivity index (χ2n) is 7.36. The van der Waals surface area contributed by atoms with Gasteiger partial charge in [-0.3, -0.25) is 4.79 Å². The molecule has 4 aromatic rings. The molecule has 1 amide bonds. The molecule has 5 nitrogen and oxygen atoms in total. The van der Waals surface area contributed by atoms with Gasteiger partial charge in [0.15, 0.2) is 5.76 Å². The lowest BCUT2D eigenvalue weighted by Gasteiger charge is -2.26. The fourth-order valence-electron chi connectivity index (χ4n) is 3.73. The molecule has 2 heterocycles. The molecule has 1 aromatic heterocycles. The fraction of sp³-hybridized carbons (Fsp3) is 0.120. The highest BCUT2D eigenvalue weighted by molar-refractivity contribution is 6.30. The predicted octanol–water partition coefficient (Wildman–Crippen LogP) is 5.99. The van der Waals surface area contributed by atoms with Crippen LogP contribution in [0.5, 0.6) is 11.5 Å². The Morgan fingerprint density at radius 3 is 2.55 bits per heavy atom. The maximum atomic E-state index is 13.1. The average Bonchev–Trinajstić information content (AvgIpc) is 3.23. The van der Waals surface area contributed by atoms with E-state index in [9.17, 15) is 4.79 Å². The molecule has 0 saturated carbocycles. The molecule has 0 saturated heterocycles. The largest absolute Gasteiger partial charge is 0.457 e. The minimum absolute atomic E-state index is 0.0554. The van der Waals surface area contributed by atoms with Crippen molar-refractivity contribution in [2.24, 2.45) is 0 Å². The molecule has 0 atom stereocenters. The van der Waals surface area contributed by atoms with Crippen molar-refractivity contribution < 1.29 is 14.1 Å². The van der Waals surface area contributed by atoms with Crippen LogP contribution >= 0.6 is 11.6 Å². The number of nitrogens with zero attached hydrogens (tertiary/aromatic N) is 2. The van der Waals surface area contributed by atoms with Crippen molar-refractivity contribution >= 4 is 17.5 Å². The van der Waals surface area contributed by atoms with Crippen LogP contribution in [0.3, 0.4) is 0 Å². The number of benzene rings is 3. The molecule has 0 bridgehead atoms. The average molecular weight is 431 g/mol. The Labute approximate surface area is 184 Å². The van der Waals surface area contributed by atoms with E-state index < -0.39 is 0 Å². The van der Waals surface area contributed by atoms with Crippen molar-refractivity contribution in [1.82, 2.24) is 10.1 Å². The highest BCUT2D eigenvalue weighted by Gasteiger charge is 2.28. The summed E-state index contributed by atoms with van der Waals surface area (Å²) in [4.78, 5) is 14.9. The van der Waals surface area contributed by atoms with Crippen LogP contribution in [0.2, 0.25) is 5.02 Å². The predicted molar refractivity (Wildman–Crippen MR) is 118 cm³/mol. The normalized spacial score (nSPS) is 13.0. The molecule has 0 unspecified atom stereocenters. The summed E-state index contributed by atoms with van der Waals surface area (Å²) in [6, 6.07) is 24.2. The van der Waals surface area contributed by atoms with Crippen LogP contribution in [0.1, 0.15) is 21.6 Å². The van der Waals surface area contributed by atoms with Gasteiger partial charge in [0.2, 0.25) is 0 Å². The van der Waals surface area contributed by atoms with Crippen molar-refractivity contribution in [3.05, 3.63) is 101 Å². The molecule has 0 fully saturated rings. The molecule has 3 aromatic carbocycles. The van der Waals surface area contributed by atoms with Crippen molar-refractivity contribution in [2.45, 2.75) is 13.0 Å². The lowest BCUT2D eigenvalue weighted by atomic mass is 10.00. The zero-order valence-corrected chi connectivity index (χ0v) is 17.4. The molecule has 5 rings (SSSR count). The third-order valence-electron chi connectivity index (χ3n) is 5.30. The Kier molecular flexibility index (Phi) is 5.18. The molecule has 0 radical (unpaired) electrons. The van der Waals surface area contributed by atoms with Crippen LogP contribution in [0.25, 0.3) is 11.3 Å². The molecule has 0 aliphatic carbocycles. The third-order valence-corrected chi connectivity index (χ3v) is 5.55. The standard InChI is InChI=1S/C25H19ClN2O3/c26-19-11-9-17(10-12-19)24-22-13-14-28(16-23(22)27-31-24)25(29)18-5-4-8-21(15-18)30-20-6-2-1-3-7-20/h1-12,15H,13-14,16H2. The summed E-state index contributed by atoms with van der Waals surface area (Å²) < 4.78 is 11.5. The van der Waals surface area contributed by atoms with E-state index in [0.717, 1.165) is 28.3 Å². The summed E-state index contributed by atoms with van der Waals surface area (Å²) in [6.07, 6.45) is 0.683. The molecule has 0 spiro atoms. The SMILES string of the molecule is O=C(c1cccc(Oc2ccccc2)c1)N1CCc2c(noc2-c2ccc(Cl)cc2)C1. The fourth-order valence-corrected chi connectivity index (χ4v) is 3.86. The van der Waals surface area contributed by atoms with Gasteiger partial charge in [-0.2, -0.15) is 0 Å². The van der Waals surface area contributed by atoms with Crippen molar-refractivity contribution in [3.8, 4) is 22.8 Å². The van der Waals surface area contributed by atoms with Gasteiger partial charge in [-0.15, -0.1) is 0 Å². The van der Waals surface area contributed by atoms with Crippen LogP contribution in [0.4, 0.5) is 0 Å². The van der Waals surface area contributed by atoms with E-state index in [2.05, 4.69) is 5.16 Å². The maximum Gasteiger partial charge on any atom is 0.254 e. The summed E-state index contributed by atoms with van der Waals surface area (Å²) in [5.74, 6) is 2.05. The number of rotatable bonds is 4. The smallest absolute Gasteiger partial charge is 0.254 e. The lowest BCUT2D eigenvalue weighted by Crippen LogP contribution is -2.35. The first-order valence-corrected chi connectivity index (χ1v) is 10.4. The number of ether oxygens (including phenoxy) is 1. The highest BCUT2D eigenvalue weighted by Crippen LogP contribution is 2.32. The number of para-hydroxylation sites is 1. The molecule has 0 N–H and O–H groups in total. The van der Waals surface area contributed by atoms with E-state index in [0.29, 0.717) is 35.8 Å². The van der Waals surface area contributed by atoms with Gasteiger partial charge >= 0.3 is 0 Å². The van der Waals surface area contributed by atoms with Gasteiger partial charge in [0.25, 0.3) is 5.91 Å². The van der Waals surface area contributed by atoms with Crippen molar-refractivity contribution in [1.29, 1.82) is 0 Å². The number of halogens is 1. The van der Waals surface area contributed by atoms with Gasteiger partial charge in [-0.1, -0.05) is 41.0 Å². The number of carbonyl (C=O) groups excluding carboxylic acids is 1. The van der Waals surface area contributed by atoms with Crippen LogP contribution in [0.15, 0.2) is 83.4 Å². The van der Waals surface area contributed by atoms with Crippen LogP contribution in [-0.4, -0.2) is 22.5 Å². The minimum Gasteiger partial charge on any atom is -0.457 e. The minimum atomic E-state index is -0.0554. The Morgan fingerprint density at radius 2 is 1.74 bits per heavy atom. The van der Waals surface area contributed by atoms with Gasteiger partial charge in [-0.25, -0.2) is 0 Å². The number of fused-ring (bicyclic) bond motifs is 1. The number of amides is 1. The summed E-state index contributed by atoms with van der Waals surface area (Å²) in [5, 5.41) is 4.90. The van der Waals surface area contributed by atoms with E-state index in [1.54, 1.807) is 17.0 Å². The molecule has 6 heteroatoms. The maximum absolute atomic E-state index is 13.1. The topological polar surface area (TPSA) is 55.6 Å². The number of hydrogen-bond acceptors (Lipinski definition) is 4. The zero-order valence-electron chi connectivity index (χ0n) is 16.6. The number of hydrogen-bond donors (Lipinski definition) is 0. The molecular formula is C25H19ClN2O3. The number of carbonyl (C=O) groups is 1. The van der Waals surface area contributed by atoms with E-state index in [1.807, 2.05) is 66.7 Å². The summed E-state index contributed by atoms with van der Waals surface area (Å²) in [7, 11) is 0. The quantitative estimate of drug-likeness (QED) is 0.399. The Bertz CT molecular complexity index is 1220. The summed E-state index contributed by atoms with van der Waals surface area (Å²) in [5.41, 5.74) is 3.36. The summed E-state index contributed by atoms with van der Waals surface area (Å²) in [6.45, 7) is 1.01. The van der Waals surface area contributed by atoms with E-state index in [-0.39, 0.29) is 5.91 Å². The Balaban J connectivity index is 1.33. The van der Waals surface area contributed by atoms with Gasteiger partial charge < -0.3 is 14.2 Å². The lowest BCUT2D eigenvalue weighted by molar-refractivity contribution is 0.0731. The zero-order chi connectivity index (χ0) is 21.2. The molecule has 154 valence electrons. The first kappa shape index (κ1) is 19.4. The highest BCUT2D eigenvalue weighted by atomic mass is 35.5. The van der Waals surface area contributed by atoms with Crippen molar-refractivity contribution in [3.63, 3.8) is 0 Å². The second kappa shape index (κ2) is 8.28. The molecule has 1 aliphatic rings. The van der Waals surface area contributed by atoms with Crippen LogP contribution in [0, 0.1) is 0 Å². The first-order valence-electron chi connectivity index (χ1n) is 10.0. The van der Waals surface area contributed by atoms with Gasteiger partial charge in [0.1, 0.15) is 17.2 Å². The summed E-state index contributed by atoms with van der Waals surface area (Å²) >= 11 is 5.99. The number of aromatic nitrogens is 1.